The minimum atomic E-state index is -1.22. The van der Waals surface area contributed by atoms with Crippen LogP contribution in [0.5, 0.6) is 5.75 Å². The highest BCUT2D eigenvalue weighted by Crippen LogP contribution is 2.21. The smallest absolute Gasteiger partial charge is 0.326 e. The molecule has 7 heteroatoms. The predicted octanol–water partition coefficient (Wildman–Crippen LogP) is 0.171. The van der Waals surface area contributed by atoms with E-state index in [4.69, 9.17) is 15.5 Å². The summed E-state index contributed by atoms with van der Waals surface area (Å²) in [6, 6.07) is 4.37. The van der Waals surface area contributed by atoms with E-state index in [0.717, 1.165) is 11.0 Å². The SMILES string of the molecule is CC(C(=O)O)N(CCO)C(=O)c1ccc(C#N)cc1O. The number of phenolic OH excluding ortho intramolecular Hbond substituents is 1. The molecule has 0 aliphatic heterocycles. The molecule has 0 aliphatic carbocycles. The molecular formula is C13H14N2O5. The second kappa shape index (κ2) is 6.54. The molecule has 0 aromatic heterocycles. The van der Waals surface area contributed by atoms with E-state index < -0.39 is 30.3 Å². The molecule has 1 rings (SSSR count). The number of aliphatic hydroxyl groups excluding tert-OH is 1. The molecule has 0 spiro atoms. The summed E-state index contributed by atoms with van der Waals surface area (Å²) in [6.07, 6.45) is 0. The van der Waals surface area contributed by atoms with Crippen LogP contribution in [0.15, 0.2) is 18.2 Å². The number of carboxylic acids is 1. The maximum atomic E-state index is 12.2. The zero-order chi connectivity index (χ0) is 15.3. The summed E-state index contributed by atoms with van der Waals surface area (Å²) >= 11 is 0. The van der Waals surface area contributed by atoms with E-state index in [0.29, 0.717) is 0 Å². The van der Waals surface area contributed by atoms with Crippen LogP contribution in [0, 0.1) is 11.3 Å². The zero-order valence-corrected chi connectivity index (χ0v) is 10.8. The highest BCUT2D eigenvalue weighted by atomic mass is 16.4. The van der Waals surface area contributed by atoms with Gasteiger partial charge in [-0.15, -0.1) is 0 Å². The number of nitriles is 1. The summed E-state index contributed by atoms with van der Waals surface area (Å²) < 4.78 is 0. The summed E-state index contributed by atoms with van der Waals surface area (Å²) in [5, 5.41) is 36.3. The molecule has 0 saturated carbocycles. The third-order valence-electron chi connectivity index (χ3n) is 2.78. The Morgan fingerprint density at radius 3 is 2.55 bits per heavy atom. The van der Waals surface area contributed by atoms with Gasteiger partial charge in [-0.2, -0.15) is 5.26 Å². The lowest BCUT2D eigenvalue weighted by Gasteiger charge is -2.26. The summed E-state index contributed by atoms with van der Waals surface area (Å²) in [4.78, 5) is 24.1. The molecule has 3 N–H and O–H groups in total. The number of aliphatic hydroxyl groups is 1. The Morgan fingerprint density at radius 1 is 1.45 bits per heavy atom. The number of carbonyl (C=O) groups excluding carboxylic acids is 1. The van der Waals surface area contributed by atoms with Crippen LogP contribution in [0.2, 0.25) is 0 Å². The molecule has 7 nitrogen and oxygen atoms in total. The number of carboxylic acid groups (broad SMARTS) is 1. The fourth-order valence-electron chi connectivity index (χ4n) is 1.65. The Kier molecular flexibility index (Phi) is 5.06. The first kappa shape index (κ1) is 15.5. The lowest BCUT2D eigenvalue weighted by Crippen LogP contribution is -2.44. The van der Waals surface area contributed by atoms with E-state index >= 15 is 0 Å². The molecule has 0 saturated heterocycles. The van der Waals surface area contributed by atoms with E-state index in [1.54, 1.807) is 0 Å². The largest absolute Gasteiger partial charge is 0.507 e. The number of aliphatic carboxylic acids is 1. The topological polar surface area (TPSA) is 122 Å². The molecule has 0 heterocycles. The van der Waals surface area contributed by atoms with Crippen LogP contribution in [-0.4, -0.2) is 51.3 Å². The zero-order valence-electron chi connectivity index (χ0n) is 10.8. The predicted molar refractivity (Wildman–Crippen MR) is 68.0 cm³/mol. The monoisotopic (exact) mass is 278 g/mol. The first-order valence-corrected chi connectivity index (χ1v) is 5.80. The summed E-state index contributed by atoms with van der Waals surface area (Å²) in [5.41, 5.74) is 0.0598. The van der Waals surface area contributed by atoms with E-state index in [2.05, 4.69) is 0 Å². The van der Waals surface area contributed by atoms with Crippen LogP contribution in [0.4, 0.5) is 0 Å². The van der Waals surface area contributed by atoms with Crippen LogP contribution < -0.4 is 0 Å². The Balaban J connectivity index is 3.13. The number of amides is 1. The molecule has 106 valence electrons. The van der Waals surface area contributed by atoms with Gasteiger partial charge in [-0.3, -0.25) is 4.79 Å². The first-order chi connectivity index (χ1) is 9.42. The van der Waals surface area contributed by atoms with Crippen molar-refractivity contribution in [2.75, 3.05) is 13.2 Å². The number of hydrogen-bond donors (Lipinski definition) is 3. The van der Waals surface area contributed by atoms with Gasteiger partial charge < -0.3 is 20.2 Å². The quantitative estimate of drug-likeness (QED) is 0.705. The number of benzene rings is 1. The fraction of sp³-hybridized carbons (Fsp3) is 0.308. The first-order valence-electron chi connectivity index (χ1n) is 5.80. The normalized spacial score (nSPS) is 11.4. The van der Waals surface area contributed by atoms with Crippen molar-refractivity contribution in [3.05, 3.63) is 29.3 Å². The summed E-state index contributed by atoms with van der Waals surface area (Å²) in [7, 11) is 0. The van der Waals surface area contributed by atoms with E-state index in [1.165, 1.54) is 19.1 Å². The van der Waals surface area contributed by atoms with Gasteiger partial charge in [-0.1, -0.05) is 0 Å². The van der Waals surface area contributed by atoms with E-state index in [9.17, 15) is 14.7 Å². The molecule has 0 radical (unpaired) electrons. The average Bonchev–Trinajstić information content (AvgIpc) is 2.43. The van der Waals surface area contributed by atoms with Crippen LogP contribution in [-0.2, 0) is 4.79 Å². The minimum Gasteiger partial charge on any atom is -0.507 e. The van der Waals surface area contributed by atoms with Crippen LogP contribution in [0.1, 0.15) is 22.8 Å². The Labute approximate surface area is 115 Å². The van der Waals surface area contributed by atoms with Gasteiger partial charge in [0.1, 0.15) is 11.8 Å². The number of phenols is 1. The Bertz CT molecular complexity index is 564. The van der Waals surface area contributed by atoms with Crippen LogP contribution >= 0.6 is 0 Å². The highest BCUT2D eigenvalue weighted by molar-refractivity contribution is 5.99. The minimum absolute atomic E-state index is 0.120. The van der Waals surface area contributed by atoms with Crippen molar-refractivity contribution in [2.24, 2.45) is 0 Å². The molecule has 1 unspecified atom stereocenters. The molecule has 0 bridgehead atoms. The highest BCUT2D eigenvalue weighted by Gasteiger charge is 2.27. The molecule has 1 aromatic rings. The summed E-state index contributed by atoms with van der Waals surface area (Å²) in [5.74, 6) is -2.36. The number of nitrogens with zero attached hydrogens (tertiary/aromatic N) is 2. The standard InChI is InChI=1S/C13H14N2O5/c1-8(13(19)20)15(4-5-16)12(18)10-3-2-9(7-14)6-11(10)17/h2-3,6,8,16-17H,4-5H2,1H3,(H,19,20). The lowest BCUT2D eigenvalue weighted by atomic mass is 10.1. The third kappa shape index (κ3) is 3.24. The lowest BCUT2D eigenvalue weighted by molar-refractivity contribution is -0.141. The van der Waals surface area contributed by atoms with E-state index in [-0.39, 0.29) is 17.7 Å². The molecule has 1 aromatic carbocycles. The van der Waals surface area contributed by atoms with Gasteiger partial charge in [0.25, 0.3) is 5.91 Å². The molecule has 0 fully saturated rings. The Morgan fingerprint density at radius 2 is 2.10 bits per heavy atom. The molecule has 0 aliphatic rings. The maximum absolute atomic E-state index is 12.2. The van der Waals surface area contributed by atoms with Gasteiger partial charge in [0.15, 0.2) is 0 Å². The maximum Gasteiger partial charge on any atom is 0.326 e. The van der Waals surface area contributed by atoms with Crippen molar-refractivity contribution in [1.29, 1.82) is 5.26 Å². The number of rotatable bonds is 5. The third-order valence-corrected chi connectivity index (χ3v) is 2.78. The number of aromatic hydroxyl groups is 1. The van der Waals surface area contributed by atoms with Crippen molar-refractivity contribution >= 4 is 11.9 Å². The average molecular weight is 278 g/mol. The van der Waals surface area contributed by atoms with Crippen molar-refractivity contribution in [1.82, 2.24) is 4.90 Å². The van der Waals surface area contributed by atoms with Crippen LogP contribution in [0.25, 0.3) is 0 Å². The molecule has 20 heavy (non-hydrogen) atoms. The van der Waals surface area contributed by atoms with Crippen molar-refractivity contribution in [3.8, 4) is 11.8 Å². The van der Waals surface area contributed by atoms with Gasteiger partial charge in [-0.05, 0) is 25.1 Å². The number of carbonyl (C=O) groups is 2. The fourth-order valence-corrected chi connectivity index (χ4v) is 1.65. The van der Waals surface area contributed by atoms with Crippen molar-refractivity contribution in [3.63, 3.8) is 0 Å². The van der Waals surface area contributed by atoms with E-state index in [1.807, 2.05) is 6.07 Å². The van der Waals surface area contributed by atoms with Gasteiger partial charge in [0, 0.05) is 6.54 Å². The van der Waals surface area contributed by atoms with Crippen LogP contribution in [0.3, 0.4) is 0 Å². The Hall–Kier alpha value is -2.59. The van der Waals surface area contributed by atoms with Gasteiger partial charge in [0.2, 0.25) is 0 Å². The number of hydrogen-bond acceptors (Lipinski definition) is 5. The van der Waals surface area contributed by atoms with Crippen molar-refractivity contribution < 1.29 is 24.9 Å². The van der Waals surface area contributed by atoms with Gasteiger partial charge in [0.05, 0.1) is 23.8 Å². The van der Waals surface area contributed by atoms with Crippen molar-refractivity contribution in [2.45, 2.75) is 13.0 Å². The molecule has 1 atom stereocenters. The second-order valence-electron chi connectivity index (χ2n) is 4.08. The molecule has 1 amide bonds. The van der Waals surface area contributed by atoms with Gasteiger partial charge in [-0.25, -0.2) is 4.79 Å². The molecular weight excluding hydrogens is 264 g/mol. The summed E-state index contributed by atoms with van der Waals surface area (Å²) in [6.45, 7) is 0.725. The van der Waals surface area contributed by atoms with Gasteiger partial charge >= 0.3 is 5.97 Å². The second-order valence-corrected chi connectivity index (χ2v) is 4.08.